The molecule has 1 atom stereocenters. The minimum Gasteiger partial charge on any atom is -0.459 e. The molecule has 0 bridgehead atoms. The third-order valence-electron chi connectivity index (χ3n) is 3.49. The van der Waals surface area contributed by atoms with Gasteiger partial charge in [-0.1, -0.05) is 49.1 Å². The lowest BCUT2D eigenvalue weighted by molar-refractivity contribution is 0.333. The van der Waals surface area contributed by atoms with Gasteiger partial charge in [-0.05, 0) is 37.3 Å². The smallest absolute Gasteiger partial charge is 0.316 e. The van der Waals surface area contributed by atoms with Crippen molar-refractivity contribution in [2.24, 2.45) is 0 Å². The molecule has 126 valence electrons. The van der Waals surface area contributed by atoms with Crippen LogP contribution in [0.1, 0.15) is 31.7 Å². The Morgan fingerprint density at radius 3 is 2.50 bits per heavy atom. The highest BCUT2D eigenvalue weighted by molar-refractivity contribution is 5.64. The Balaban J connectivity index is 1.91. The predicted octanol–water partition coefficient (Wildman–Crippen LogP) is 5.25. The van der Waals surface area contributed by atoms with Gasteiger partial charge in [0.2, 0.25) is 0 Å². The second-order valence-corrected chi connectivity index (χ2v) is 5.59. The van der Waals surface area contributed by atoms with Crippen LogP contribution < -0.4 is 4.74 Å². The predicted molar refractivity (Wildman–Crippen MR) is 96.6 cm³/mol. The van der Waals surface area contributed by atoms with E-state index in [1.807, 2.05) is 24.3 Å². The second-order valence-electron chi connectivity index (χ2n) is 5.59. The molecule has 3 nitrogen and oxygen atoms in total. The average Bonchev–Trinajstić information content (AvgIpc) is 2.60. The van der Waals surface area contributed by atoms with Gasteiger partial charge in [-0.2, -0.15) is 0 Å². The topological polar surface area (TPSA) is 35.0 Å². The minimum absolute atomic E-state index is 0.348. The van der Waals surface area contributed by atoms with E-state index in [0.717, 1.165) is 29.5 Å². The maximum atomic E-state index is 12.7. The van der Waals surface area contributed by atoms with Gasteiger partial charge < -0.3 is 4.74 Å². The fourth-order valence-electron chi connectivity index (χ4n) is 2.20. The lowest BCUT2D eigenvalue weighted by atomic mass is 10.1. The molecule has 2 aromatic rings. The van der Waals surface area contributed by atoms with Crippen LogP contribution in [0.2, 0.25) is 0 Å². The number of unbranched alkanes of at least 4 members (excludes halogenated alkanes) is 1. The molecule has 0 N–H and O–H groups in total. The van der Waals surface area contributed by atoms with E-state index in [4.69, 9.17) is 4.74 Å². The Bertz CT molecular complexity index is 648. The monoisotopic (exact) mass is 326 g/mol. The van der Waals surface area contributed by atoms with Crippen LogP contribution >= 0.6 is 0 Å². The molecule has 1 unspecified atom stereocenters. The van der Waals surface area contributed by atoms with E-state index in [1.165, 1.54) is 0 Å². The molecule has 0 amide bonds. The third-order valence-corrected chi connectivity index (χ3v) is 3.49. The number of rotatable bonds is 9. The van der Waals surface area contributed by atoms with E-state index in [0.29, 0.717) is 19.0 Å². The first-order chi connectivity index (χ1) is 11.7. The number of hydrogen-bond acceptors (Lipinski definition) is 3. The maximum absolute atomic E-state index is 12.7. The fraction of sp³-hybridized carbons (Fsp3) is 0.300. The third kappa shape index (κ3) is 5.95. The molecule has 0 spiro atoms. The average molecular weight is 326 g/mol. The summed E-state index contributed by atoms with van der Waals surface area (Å²) in [5.41, 5.74) is 3.11. The van der Waals surface area contributed by atoms with Crippen LogP contribution in [0.3, 0.4) is 0 Å². The molecule has 0 radical (unpaired) electrons. The van der Waals surface area contributed by atoms with Gasteiger partial charge in [0.15, 0.2) is 0 Å². The largest absolute Gasteiger partial charge is 0.459 e. The summed E-state index contributed by atoms with van der Waals surface area (Å²) >= 11 is 0. The van der Waals surface area contributed by atoms with Crippen LogP contribution in [-0.2, 0) is 0 Å². The normalized spacial score (nSPS) is 12.2. The highest BCUT2D eigenvalue weighted by atomic mass is 19.1. The Morgan fingerprint density at radius 1 is 1.17 bits per heavy atom. The van der Waals surface area contributed by atoms with Crippen molar-refractivity contribution >= 4 is 6.08 Å². The molecule has 1 heterocycles. The van der Waals surface area contributed by atoms with E-state index >= 15 is 0 Å². The first kappa shape index (κ1) is 17.9. The number of aromatic nitrogens is 2. The van der Waals surface area contributed by atoms with Gasteiger partial charge in [0.25, 0.3) is 0 Å². The van der Waals surface area contributed by atoms with E-state index in [2.05, 4.69) is 28.7 Å². The Labute approximate surface area is 142 Å². The zero-order valence-electron chi connectivity index (χ0n) is 14.0. The number of nitrogens with zero attached hydrogens (tertiary/aromatic N) is 2. The molecule has 0 fully saturated rings. The molecule has 0 saturated heterocycles. The molecule has 2 rings (SSSR count). The second kappa shape index (κ2) is 9.60. The van der Waals surface area contributed by atoms with E-state index in [9.17, 15) is 4.39 Å². The van der Waals surface area contributed by atoms with Crippen LogP contribution in [0.4, 0.5) is 4.39 Å². The first-order valence-electron chi connectivity index (χ1n) is 8.16. The number of halogens is 1. The van der Waals surface area contributed by atoms with Gasteiger partial charge in [0, 0.05) is 18.0 Å². The quantitative estimate of drug-likeness (QED) is 0.466. The zero-order valence-corrected chi connectivity index (χ0v) is 14.0. The molecule has 1 aromatic heterocycles. The number of allylic oxidation sites excluding steroid dienone is 1. The molecular formula is C20H23FN2O. The number of hydrogen-bond donors (Lipinski definition) is 0. The van der Waals surface area contributed by atoms with Gasteiger partial charge in [-0.25, -0.2) is 14.4 Å². The van der Waals surface area contributed by atoms with Gasteiger partial charge in [0.05, 0.1) is 6.17 Å². The standard InChI is InChI=1S/C20H23FN2O/c1-3-13-24-20-22-14-19(15-23-20)18-11-9-17(10-12-18)8-6-4-5-7-16(2)21/h3,6,8-12,14-16H,1,4-5,7,13H2,2H3. The molecule has 4 heteroatoms. The summed E-state index contributed by atoms with van der Waals surface area (Å²) in [6.07, 6.45) is 11.0. The maximum Gasteiger partial charge on any atom is 0.316 e. The Morgan fingerprint density at radius 2 is 1.88 bits per heavy atom. The van der Waals surface area contributed by atoms with Crippen molar-refractivity contribution in [2.45, 2.75) is 32.4 Å². The van der Waals surface area contributed by atoms with Crippen LogP contribution in [0.25, 0.3) is 17.2 Å². The lowest BCUT2D eigenvalue weighted by Gasteiger charge is -2.04. The molecule has 1 aromatic carbocycles. The van der Waals surface area contributed by atoms with E-state index in [1.54, 1.807) is 25.4 Å². The van der Waals surface area contributed by atoms with Gasteiger partial charge in [-0.15, -0.1) is 0 Å². The minimum atomic E-state index is -0.714. The summed E-state index contributed by atoms with van der Waals surface area (Å²) in [4.78, 5) is 8.35. The van der Waals surface area contributed by atoms with E-state index < -0.39 is 6.17 Å². The lowest BCUT2D eigenvalue weighted by Crippen LogP contribution is -1.97. The van der Waals surface area contributed by atoms with Crippen molar-refractivity contribution in [1.82, 2.24) is 9.97 Å². The van der Waals surface area contributed by atoms with Gasteiger partial charge in [0.1, 0.15) is 6.61 Å². The van der Waals surface area contributed by atoms with Crippen LogP contribution in [0.5, 0.6) is 6.01 Å². The van der Waals surface area contributed by atoms with Crippen molar-refractivity contribution in [3.05, 3.63) is 61.0 Å². The molecular weight excluding hydrogens is 303 g/mol. The van der Waals surface area contributed by atoms with E-state index in [-0.39, 0.29) is 0 Å². The summed E-state index contributed by atoms with van der Waals surface area (Å²) in [6.45, 7) is 5.58. The summed E-state index contributed by atoms with van der Waals surface area (Å²) < 4.78 is 18.0. The molecule has 0 aliphatic heterocycles. The zero-order chi connectivity index (χ0) is 17.2. The molecule has 24 heavy (non-hydrogen) atoms. The van der Waals surface area contributed by atoms with Crippen molar-refractivity contribution in [3.8, 4) is 17.1 Å². The molecule has 0 aliphatic rings. The SMILES string of the molecule is C=CCOc1ncc(-c2ccc(C=CCCCC(C)F)cc2)cn1. The summed E-state index contributed by atoms with van der Waals surface area (Å²) in [7, 11) is 0. The van der Waals surface area contributed by atoms with Crippen LogP contribution in [-0.4, -0.2) is 22.7 Å². The highest BCUT2D eigenvalue weighted by Gasteiger charge is 2.01. The summed E-state index contributed by atoms with van der Waals surface area (Å²) in [5, 5.41) is 0. The Hall–Kier alpha value is -2.49. The van der Waals surface area contributed by atoms with Gasteiger partial charge >= 0.3 is 6.01 Å². The van der Waals surface area contributed by atoms with Crippen molar-refractivity contribution in [3.63, 3.8) is 0 Å². The fourth-order valence-corrected chi connectivity index (χ4v) is 2.20. The van der Waals surface area contributed by atoms with Crippen molar-refractivity contribution in [1.29, 1.82) is 0 Å². The highest BCUT2D eigenvalue weighted by Crippen LogP contribution is 2.20. The molecule has 0 aliphatic carbocycles. The number of benzene rings is 1. The van der Waals surface area contributed by atoms with Gasteiger partial charge in [-0.3, -0.25) is 0 Å². The molecule has 0 saturated carbocycles. The van der Waals surface area contributed by atoms with Crippen LogP contribution in [0.15, 0.2) is 55.4 Å². The number of ether oxygens (including phenoxy) is 1. The van der Waals surface area contributed by atoms with Crippen molar-refractivity contribution < 1.29 is 9.13 Å². The number of alkyl halides is 1. The first-order valence-corrected chi connectivity index (χ1v) is 8.16. The van der Waals surface area contributed by atoms with Crippen molar-refractivity contribution in [2.75, 3.05) is 6.61 Å². The Kier molecular flexibility index (Phi) is 7.15. The van der Waals surface area contributed by atoms with Crippen LogP contribution in [0, 0.1) is 0 Å². The summed E-state index contributed by atoms with van der Waals surface area (Å²) in [5.74, 6) is 0. The summed E-state index contributed by atoms with van der Waals surface area (Å²) in [6, 6.07) is 8.51.